The van der Waals surface area contributed by atoms with Crippen molar-refractivity contribution in [3.8, 4) is 5.75 Å². The third-order valence-corrected chi connectivity index (χ3v) is 4.23. The molecule has 2 rings (SSSR count). The van der Waals surface area contributed by atoms with Gasteiger partial charge in [0, 0.05) is 0 Å². The molecule has 0 aliphatic rings. The maximum Gasteiger partial charge on any atom is 0.224 e. The fourth-order valence-corrected chi connectivity index (χ4v) is 2.79. The lowest BCUT2D eigenvalue weighted by Gasteiger charge is -2.23. The molecular formula is C21H27NO2. The predicted molar refractivity (Wildman–Crippen MR) is 98.2 cm³/mol. The smallest absolute Gasteiger partial charge is 0.224 e. The fourth-order valence-electron chi connectivity index (χ4n) is 2.79. The van der Waals surface area contributed by atoms with Crippen molar-refractivity contribution < 1.29 is 9.53 Å². The van der Waals surface area contributed by atoms with E-state index >= 15 is 0 Å². The molecule has 1 amide bonds. The average Bonchev–Trinajstić information content (AvgIpc) is 2.59. The van der Waals surface area contributed by atoms with E-state index in [0.717, 1.165) is 23.3 Å². The molecule has 0 aliphatic heterocycles. The highest BCUT2D eigenvalue weighted by Crippen LogP contribution is 2.22. The highest BCUT2D eigenvalue weighted by Gasteiger charge is 2.18. The van der Waals surface area contributed by atoms with Crippen LogP contribution >= 0.6 is 0 Å². The van der Waals surface area contributed by atoms with Gasteiger partial charge in [-0.3, -0.25) is 4.79 Å². The zero-order valence-electron chi connectivity index (χ0n) is 15.0. The molecule has 1 atom stereocenters. The number of hydrogen-bond donors (Lipinski definition) is 1. The molecular weight excluding hydrogens is 298 g/mol. The Hall–Kier alpha value is -2.29. The zero-order valence-corrected chi connectivity index (χ0v) is 15.0. The summed E-state index contributed by atoms with van der Waals surface area (Å²) in [4.78, 5) is 12.5. The van der Waals surface area contributed by atoms with Gasteiger partial charge in [0.1, 0.15) is 5.75 Å². The molecule has 0 aromatic heterocycles. The highest BCUT2D eigenvalue weighted by atomic mass is 16.5. The molecule has 1 unspecified atom stereocenters. The maximum atomic E-state index is 12.5. The van der Waals surface area contributed by atoms with E-state index in [1.165, 1.54) is 5.56 Å². The van der Waals surface area contributed by atoms with Gasteiger partial charge >= 0.3 is 0 Å². The Kier molecular flexibility index (Phi) is 6.42. The molecule has 2 aromatic carbocycles. The largest absolute Gasteiger partial charge is 0.497 e. The van der Waals surface area contributed by atoms with Crippen LogP contribution in [-0.2, 0) is 17.6 Å². The minimum Gasteiger partial charge on any atom is -0.497 e. The Labute approximate surface area is 145 Å². The average molecular weight is 325 g/mol. The normalized spacial score (nSPS) is 12.0. The van der Waals surface area contributed by atoms with Crippen molar-refractivity contribution >= 4 is 5.91 Å². The first-order valence-corrected chi connectivity index (χ1v) is 8.54. The van der Waals surface area contributed by atoms with Gasteiger partial charge in [-0.1, -0.05) is 57.2 Å². The van der Waals surface area contributed by atoms with E-state index in [1.54, 1.807) is 7.11 Å². The molecule has 2 aromatic rings. The van der Waals surface area contributed by atoms with Crippen molar-refractivity contribution in [3.63, 3.8) is 0 Å². The predicted octanol–water partition coefficient (Wildman–Crippen LogP) is 4.31. The van der Waals surface area contributed by atoms with Crippen molar-refractivity contribution in [2.75, 3.05) is 7.11 Å². The van der Waals surface area contributed by atoms with Gasteiger partial charge in [0.2, 0.25) is 5.91 Å². The first-order chi connectivity index (χ1) is 11.5. The van der Waals surface area contributed by atoms with Gasteiger partial charge < -0.3 is 10.1 Å². The molecule has 24 heavy (non-hydrogen) atoms. The molecule has 0 saturated heterocycles. The third kappa shape index (κ3) is 4.85. The summed E-state index contributed by atoms with van der Waals surface area (Å²) in [6.07, 6.45) is 1.38. The van der Waals surface area contributed by atoms with Gasteiger partial charge in [0.05, 0.1) is 19.6 Å². The Morgan fingerprint density at radius 1 is 1.08 bits per heavy atom. The second-order valence-electron chi connectivity index (χ2n) is 6.41. The third-order valence-electron chi connectivity index (χ3n) is 4.23. The monoisotopic (exact) mass is 325 g/mol. The van der Waals surface area contributed by atoms with Crippen LogP contribution in [0.25, 0.3) is 0 Å². The first-order valence-electron chi connectivity index (χ1n) is 8.54. The molecule has 0 bridgehead atoms. The number of ether oxygens (including phenoxy) is 1. The van der Waals surface area contributed by atoms with E-state index in [2.05, 4.69) is 50.4 Å². The van der Waals surface area contributed by atoms with Crippen molar-refractivity contribution in [1.82, 2.24) is 5.32 Å². The Morgan fingerprint density at radius 3 is 2.38 bits per heavy atom. The maximum absolute atomic E-state index is 12.5. The SMILES string of the molecule is CCc1ccc(C(NC(=O)Cc2cccc(OC)c2)C(C)C)cc1. The number of amides is 1. The van der Waals surface area contributed by atoms with Crippen molar-refractivity contribution in [1.29, 1.82) is 0 Å². The Balaban J connectivity index is 2.07. The number of aryl methyl sites for hydroxylation is 1. The van der Waals surface area contributed by atoms with Crippen LogP contribution in [0.5, 0.6) is 5.75 Å². The second kappa shape index (κ2) is 8.53. The molecule has 128 valence electrons. The molecule has 1 N–H and O–H groups in total. The highest BCUT2D eigenvalue weighted by molar-refractivity contribution is 5.79. The Bertz CT molecular complexity index is 662. The van der Waals surface area contributed by atoms with Crippen LogP contribution in [0.15, 0.2) is 48.5 Å². The van der Waals surface area contributed by atoms with Crippen LogP contribution in [0.1, 0.15) is 43.5 Å². The lowest BCUT2D eigenvalue weighted by molar-refractivity contribution is -0.121. The molecule has 0 radical (unpaired) electrons. The summed E-state index contributed by atoms with van der Waals surface area (Å²) in [6, 6.07) is 16.2. The number of methoxy groups -OCH3 is 1. The second-order valence-corrected chi connectivity index (χ2v) is 6.41. The summed E-state index contributed by atoms with van der Waals surface area (Å²) in [5, 5.41) is 3.18. The molecule has 0 aliphatic carbocycles. The van der Waals surface area contributed by atoms with Crippen LogP contribution in [0.4, 0.5) is 0 Å². The van der Waals surface area contributed by atoms with Crippen LogP contribution in [0, 0.1) is 5.92 Å². The van der Waals surface area contributed by atoms with E-state index in [9.17, 15) is 4.79 Å². The van der Waals surface area contributed by atoms with E-state index in [4.69, 9.17) is 4.74 Å². The number of benzene rings is 2. The number of rotatable bonds is 7. The molecule has 0 fully saturated rings. The molecule has 0 heterocycles. The minimum absolute atomic E-state index is 0.0222. The summed E-state index contributed by atoms with van der Waals surface area (Å²) in [6.45, 7) is 6.40. The number of carbonyl (C=O) groups excluding carboxylic acids is 1. The molecule has 3 nitrogen and oxygen atoms in total. The van der Waals surface area contributed by atoms with Crippen LogP contribution in [0.3, 0.4) is 0 Å². The van der Waals surface area contributed by atoms with Crippen molar-refractivity contribution in [2.45, 2.75) is 39.7 Å². The lowest BCUT2D eigenvalue weighted by Crippen LogP contribution is -2.32. The van der Waals surface area contributed by atoms with Crippen molar-refractivity contribution in [3.05, 3.63) is 65.2 Å². The molecule has 0 spiro atoms. The molecule has 3 heteroatoms. The van der Waals surface area contributed by atoms with Crippen LogP contribution in [-0.4, -0.2) is 13.0 Å². The summed E-state index contributed by atoms with van der Waals surface area (Å²) in [5.41, 5.74) is 3.42. The summed E-state index contributed by atoms with van der Waals surface area (Å²) in [7, 11) is 1.63. The van der Waals surface area contributed by atoms with Gasteiger partial charge in [-0.15, -0.1) is 0 Å². The van der Waals surface area contributed by atoms with Gasteiger partial charge in [0.25, 0.3) is 0 Å². The van der Waals surface area contributed by atoms with E-state index in [-0.39, 0.29) is 11.9 Å². The zero-order chi connectivity index (χ0) is 17.5. The van der Waals surface area contributed by atoms with E-state index < -0.39 is 0 Å². The Morgan fingerprint density at radius 2 is 1.79 bits per heavy atom. The van der Waals surface area contributed by atoms with E-state index in [0.29, 0.717) is 12.3 Å². The summed E-state index contributed by atoms with van der Waals surface area (Å²) in [5.74, 6) is 1.13. The topological polar surface area (TPSA) is 38.3 Å². The summed E-state index contributed by atoms with van der Waals surface area (Å²) < 4.78 is 5.22. The quantitative estimate of drug-likeness (QED) is 0.823. The van der Waals surface area contributed by atoms with Gasteiger partial charge in [0.15, 0.2) is 0 Å². The van der Waals surface area contributed by atoms with Gasteiger partial charge in [-0.2, -0.15) is 0 Å². The van der Waals surface area contributed by atoms with Gasteiger partial charge in [-0.25, -0.2) is 0 Å². The first kappa shape index (κ1) is 18.1. The number of nitrogens with one attached hydrogen (secondary N) is 1. The van der Waals surface area contributed by atoms with E-state index in [1.807, 2.05) is 24.3 Å². The standard InChI is InChI=1S/C21H27NO2/c1-5-16-9-11-18(12-10-16)21(15(2)3)22-20(23)14-17-7-6-8-19(13-17)24-4/h6-13,15,21H,5,14H2,1-4H3,(H,22,23). The number of carbonyl (C=O) groups is 1. The lowest BCUT2D eigenvalue weighted by atomic mass is 9.94. The molecule has 0 saturated carbocycles. The number of hydrogen-bond acceptors (Lipinski definition) is 2. The van der Waals surface area contributed by atoms with Gasteiger partial charge in [-0.05, 0) is 41.2 Å². The summed E-state index contributed by atoms with van der Waals surface area (Å²) >= 11 is 0. The van der Waals surface area contributed by atoms with Crippen LogP contribution < -0.4 is 10.1 Å². The van der Waals surface area contributed by atoms with Crippen LogP contribution in [0.2, 0.25) is 0 Å². The van der Waals surface area contributed by atoms with Crippen molar-refractivity contribution in [2.24, 2.45) is 5.92 Å². The minimum atomic E-state index is 0.0222. The fraction of sp³-hybridized carbons (Fsp3) is 0.381.